The standard InChI is InChI=1S/C12H19N3O2/c1-4-14(5-2)12(17)9(3)15-7-6-11(16)10(13)8-15/h6-9H,4-5,13H2,1-3H3/t9-/m1/s1. The number of anilines is 1. The molecule has 5 heteroatoms. The van der Waals surface area contributed by atoms with Crippen molar-refractivity contribution in [1.82, 2.24) is 9.47 Å². The van der Waals surface area contributed by atoms with Crippen molar-refractivity contribution in [1.29, 1.82) is 0 Å². The molecule has 17 heavy (non-hydrogen) atoms. The fourth-order valence-corrected chi connectivity index (χ4v) is 1.69. The van der Waals surface area contributed by atoms with Crippen LogP contribution in [0.2, 0.25) is 0 Å². The Morgan fingerprint density at radius 3 is 2.53 bits per heavy atom. The number of hydrogen-bond acceptors (Lipinski definition) is 3. The van der Waals surface area contributed by atoms with Crippen LogP contribution in [0, 0.1) is 0 Å². The second kappa shape index (κ2) is 5.52. The molecular weight excluding hydrogens is 218 g/mol. The fourth-order valence-electron chi connectivity index (χ4n) is 1.69. The first-order valence-electron chi connectivity index (χ1n) is 5.77. The van der Waals surface area contributed by atoms with E-state index in [9.17, 15) is 9.59 Å². The molecule has 0 radical (unpaired) electrons. The highest BCUT2D eigenvalue weighted by molar-refractivity contribution is 5.80. The monoisotopic (exact) mass is 237 g/mol. The van der Waals surface area contributed by atoms with Crippen LogP contribution in [0.3, 0.4) is 0 Å². The molecule has 0 aromatic carbocycles. The quantitative estimate of drug-likeness (QED) is 0.844. The van der Waals surface area contributed by atoms with Gasteiger partial charge in [0.05, 0.1) is 5.69 Å². The van der Waals surface area contributed by atoms with Crippen LogP contribution in [0.15, 0.2) is 23.3 Å². The molecular formula is C12H19N3O2. The fraction of sp³-hybridized carbons (Fsp3) is 0.500. The Balaban J connectivity index is 2.95. The number of carbonyl (C=O) groups is 1. The summed E-state index contributed by atoms with van der Waals surface area (Å²) in [5.41, 5.74) is 5.48. The molecule has 0 aliphatic rings. The van der Waals surface area contributed by atoms with E-state index in [4.69, 9.17) is 5.73 Å². The summed E-state index contributed by atoms with van der Waals surface area (Å²) in [7, 11) is 0. The molecule has 0 saturated heterocycles. The van der Waals surface area contributed by atoms with Crippen LogP contribution in [0.5, 0.6) is 0 Å². The SMILES string of the molecule is CCN(CC)C(=O)[C@@H](C)n1ccc(=O)c(N)c1. The van der Waals surface area contributed by atoms with Gasteiger partial charge in [0.1, 0.15) is 6.04 Å². The third-order valence-electron chi connectivity index (χ3n) is 2.85. The molecule has 2 N–H and O–H groups in total. The van der Waals surface area contributed by atoms with Crippen molar-refractivity contribution < 1.29 is 4.79 Å². The molecule has 1 atom stereocenters. The van der Waals surface area contributed by atoms with Crippen LogP contribution in [-0.4, -0.2) is 28.5 Å². The summed E-state index contributed by atoms with van der Waals surface area (Å²) in [5.74, 6) is 0.0260. The van der Waals surface area contributed by atoms with Gasteiger partial charge in [-0.1, -0.05) is 0 Å². The van der Waals surface area contributed by atoms with E-state index >= 15 is 0 Å². The lowest BCUT2D eigenvalue weighted by molar-refractivity contribution is -0.133. The first-order valence-corrected chi connectivity index (χ1v) is 5.77. The lowest BCUT2D eigenvalue weighted by atomic mass is 10.2. The maximum atomic E-state index is 12.1. The van der Waals surface area contributed by atoms with Crippen molar-refractivity contribution >= 4 is 11.6 Å². The van der Waals surface area contributed by atoms with Gasteiger partial charge in [0, 0.05) is 31.5 Å². The predicted octanol–water partition coefficient (Wildman–Crippen LogP) is 0.860. The Hall–Kier alpha value is -1.78. The minimum atomic E-state index is -0.349. The van der Waals surface area contributed by atoms with E-state index in [0.29, 0.717) is 13.1 Å². The van der Waals surface area contributed by atoms with Crippen molar-refractivity contribution in [2.45, 2.75) is 26.8 Å². The minimum absolute atomic E-state index is 0.0260. The number of nitrogen functional groups attached to an aromatic ring is 1. The van der Waals surface area contributed by atoms with Crippen LogP contribution in [0.1, 0.15) is 26.8 Å². The molecule has 0 spiro atoms. The van der Waals surface area contributed by atoms with E-state index in [1.165, 1.54) is 12.3 Å². The maximum absolute atomic E-state index is 12.1. The summed E-state index contributed by atoms with van der Waals surface area (Å²) in [4.78, 5) is 25.0. The highest BCUT2D eigenvalue weighted by Gasteiger charge is 2.18. The Morgan fingerprint density at radius 2 is 2.06 bits per heavy atom. The topological polar surface area (TPSA) is 68.3 Å². The molecule has 0 aliphatic carbocycles. The van der Waals surface area contributed by atoms with Crippen LogP contribution in [-0.2, 0) is 4.79 Å². The minimum Gasteiger partial charge on any atom is -0.394 e. The first-order chi connectivity index (χ1) is 8.01. The second-order valence-corrected chi connectivity index (χ2v) is 3.90. The van der Waals surface area contributed by atoms with E-state index in [1.54, 1.807) is 22.6 Å². The summed E-state index contributed by atoms with van der Waals surface area (Å²) in [5, 5.41) is 0. The number of carbonyl (C=O) groups excluding carboxylic acids is 1. The van der Waals surface area contributed by atoms with Gasteiger partial charge in [0.15, 0.2) is 0 Å². The van der Waals surface area contributed by atoms with Gasteiger partial charge in [-0.3, -0.25) is 9.59 Å². The largest absolute Gasteiger partial charge is 0.394 e. The third kappa shape index (κ3) is 2.87. The Bertz CT molecular complexity index is 449. The van der Waals surface area contributed by atoms with Gasteiger partial charge < -0.3 is 15.2 Å². The highest BCUT2D eigenvalue weighted by atomic mass is 16.2. The number of nitrogens with two attached hydrogens (primary N) is 1. The Labute approximate surface area is 101 Å². The molecule has 1 amide bonds. The van der Waals surface area contributed by atoms with Crippen molar-refractivity contribution in [3.05, 3.63) is 28.7 Å². The average Bonchev–Trinajstić information content (AvgIpc) is 2.33. The molecule has 5 nitrogen and oxygen atoms in total. The van der Waals surface area contributed by atoms with E-state index < -0.39 is 0 Å². The van der Waals surface area contributed by atoms with Gasteiger partial charge in [-0.15, -0.1) is 0 Å². The molecule has 1 aromatic heterocycles. The van der Waals surface area contributed by atoms with Crippen LogP contribution in [0.4, 0.5) is 5.69 Å². The molecule has 1 aromatic rings. The van der Waals surface area contributed by atoms with E-state index in [0.717, 1.165) is 0 Å². The highest BCUT2D eigenvalue weighted by Crippen LogP contribution is 2.10. The summed E-state index contributed by atoms with van der Waals surface area (Å²) in [6.07, 6.45) is 3.10. The van der Waals surface area contributed by atoms with Crippen molar-refractivity contribution in [2.24, 2.45) is 0 Å². The van der Waals surface area contributed by atoms with Gasteiger partial charge in [0.2, 0.25) is 11.3 Å². The van der Waals surface area contributed by atoms with Gasteiger partial charge in [-0.25, -0.2) is 0 Å². The zero-order valence-corrected chi connectivity index (χ0v) is 10.5. The van der Waals surface area contributed by atoms with E-state index in [-0.39, 0.29) is 23.1 Å². The average molecular weight is 237 g/mol. The molecule has 1 heterocycles. The van der Waals surface area contributed by atoms with Gasteiger partial charge >= 0.3 is 0 Å². The molecule has 0 aliphatic heterocycles. The smallest absolute Gasteiger partial charge is 0.245 e. The molecule has 0 fully saturated rings. The Kier molecular flexibility index (Phi) is 4.31. The molecule has 94 valence electrons. The van der Waals surface area contributed by atoms with E-state index in [1.807, 2.05) is 13.8 Å². The summed E-state index contributed by atoms with van der Waals surface area (Å²) < 4.78 is 1.66. The van der Waals surface area contributed by atoms with Crippen molar-refractivity contribution in [3.63, 3.8) is 0 Å². The first kappa shape index (κ1) is 13.3. The van der Waals surface area contributed by atoms with Crippen LogP contribution >= 0.6 is 0 Å². The number of amides is 1. The molecule has 1 rings (SSSR count). The number of aromatic nitrogens is 1. The lowest BCUT2D eigenvalue weighted by Crippen LogP contribution is -2.36. The molecule has 0 bridgehead atoms. The number of nitrogens with zero attached hydrogens (tertiary/aromatic N) is 2. The summed E-state index contributed by atoms with van der Waals surface area (Å²) in [6, 6.07) is 1.03. The third-order valence-corrected chi connectivity index (χ3v) is 2.85. The molecule has 0 unspecified atom stereocenters. The second-order valence-electron chi connectivity index (χ2n) is 3.90. The lowest BCUT2D eigenvalue weighted by Gasteiger charge is -2.24. The van der Waals surface area contributed by atoms with Crippen LogP contribution < -0.4 is 11.2 Å². The number of rotatable bonds is 4. The van der Waals surface area contributed by atoms with Crippen LogP contribution in [0.25, 0.3) is 0 Å². The number of likely N-dealkylation sites (N-methyl/N-ethyl adjacent to an activating group) is 1. The van der Waals surface area contributed by atoms with Gasteiger partial charge in [0.25, 0.3) is 0 Å². The summed E-state index contributed by atoms with van der Waals surface area (Å²) >= 11 is 0. The van der Waals surface area contributed by atoms with E-state index in [2.05, 4.69) is 0 Å². The van der Waals surface area contributed by atoms with Gasteiger partial charge in [-0.05, 0) is 20.8 Å². The summed E-state index contributed by atoms with van der Waals surface area (Å²) in [6.45, 7) is 7.02. The molecule has 0 saturated carbocycles. The van der Waals surface area contributed by atoms with Gasteiger partial charge in [-0.2, -0.15) is 0 Å². The number of hydrogen-bond donors (Lipinski definition) is 1. The normalized spacial score (nSPS) is 12.2. The van der Waals surface area contributed by atoms with Crippen molar-refractivity contribution in [3.8, 4) is 0 Å². The Morgan fingerprint density at radius 1 is 1.47 bits per heavy atom. The van der Waals surface area contributed by atoms with Crippen molar-refractivity contribution in [2.75, 3.05) is 18.8 Å². The predicted molar refractivity (Wildman–Crippen MR) is 67.8 cm³/mol. The maximum Gasteiger partial charge on any atom is 0.245 e. The zero-order valence-electron chi connectivity index (χ0n) is 10.5. The zero-order chi connectivity index (χ0) is 13.0. The number of pyridine rings is 1.